The largest absolute Gasteiger partial charge is 0.460 e. The van der Waals surface area contributed by atoms with Crippen LogP contribution in [0, 0.1) is 0 Å². The minimum atomic E-state index is -0.899. The number of carbonyl (C=O) groups is 4. The highest BCUT2D eigenvalue weighted by Crippen LogP contribution is 2.40. The zero-order valence-electron chi connectivity index (χ0n) is 20.4. The van der Waals surface area contributed by atoms with E-state index in [0.717, 1.165) is 11.3 Å². The molecule has 0 saturated carbocycles. The Balaban J connectivity index is 1.69. The highest BCUT2D eigenvalue weighted by Gasteiger charge is 2.54. The van der Waals surface area contributed by atoms with Crippen molar-refractivity contribution in [1.29, 1.82) is 0 Å². The Morgan fingerprint density at radius 2 is 2.11 bits per heavy atom. The van der Waals surface area contributed by atoms with E-state index in [4.69, 9.17) is 20.0 Å². The molecule has 1 fully saturated rings. The summed E-state index contributed by atoms with van der Waals surface area (Å²) in [4.78, 5) is 61.0. The molecule has 0 bridgehead atoms. The summed E-state index contributed by atoms with van der Waals surface area (Å²) in [5.41, 5.74) is 6.66. The van der Waals surface area contributed by atoms with E-state index in [1.807, 2.05) is 0 Å². The molecule has 0 aliphatic carbocycles. The fraction of sp³-hybridized carbons (Fsp3) is 0.455. The second-order valence-electron chi connectivity index (χ2n) is 8.03. The number of amides is 2. The number of rotatable bonds is 9. The second kappa shape index (κ2) is 11.6. The van der Waals surface area contributed by atoms with Crippen LogP contribution < -0.4 is 11.1 Å². The van der Waals surface area contributed by atoms with E-state index in [9.17, 15) is 19.2 Å². The minimum absolute atomic E-state index is 0.0972. The Kier molecular flexibility index (Phi) is 8.74. The van der Waals surface area contributed by atoms with E-state index in [0.29, 0.717) is 11.3 Å². The number of ether oxygens (including phenoxy) is 2. The number of hydrogen-bond donors (Lipinski definition) is 2. The van der Waals surface area contributed by atoms with Crippen LogP contribution in [0.4, 0.5) is 5.13 Å². The Morgan fingerprint density at radius 1 is 1.39 bits per heavy atom. The maximum Gasteiger partial charge on any atom is 0.355 e. The highest BCUT2D eigenvalue weighted by molar-refractivity contribution is 8.00. The molecule has 3 rings (SSSR count). The van der Waals surface area contributed by atoms with Gasteiger partial charge in [-0.2, -0.15) is 0 Å². The number of thiazole rings is 1. The van der Waals surface area contributed by atoms with Gasteiger partial charge in [-0.1, -0.05) is 11.2 Å². The molecule has 1 aromatic rings. The number of carbonyl (C=O) groups excluding carboxylic acids is 4. The van der Waals surface area contributed by atoms with Crippen molar-refractivity contribution in [3.63, 3.8) is 0 Å². The lowest BCUT2D eigenvalue weighted by atomic mass is 10.0. The highest BCUT2D eigenvalue weighted by atomic mass is 32.2. The summed E-state index contributed by atoms with van der Waals surface area (Å²) in [6.07, 6.45) is 1.19. The van der Waals surface area contributed by atoms with E-state index in [-0.39, 0.29) is 40.5 Å². The number of esters is 2. The van der Waals surface area contributed by atoms with Crippen LogP contribution in [0.25, 0.3) is 0 Å². The fourth-order valence-corrected chi connectivity index (χ4v) is 5.27. The zero-order valence-corrected chi connectivity index (χ0v) is 22.0. The van der Waals surface area contributed by atoms with Crippen molar-refractivity contribution >= 4 is 57.7 Å². The number of nitrogens with two attached hydrogens (primary N) is 1. The van der Waals surface area contributed by atoms with Crippen molar-refractivity contribution in [1.82, 2.24) is 15.2 Å². The summed E-state index contributed by atoms with van der Waals surface area (Å²) in [6.45, 7) is 6.48. The summed E-state index contributed by atoms with van der Waals surface area (Å²) in [7, 11) is 1.28. The molecule has 2 atom stereocenters. The smallest absolute Gasteiger partial charge is 0.355 e. The number of nitrogens with zero attached hydrogens (tertiary/aromatic N) is 3. The minimum Gasteiger partial charge on any atom is -0.460 e. The number of oxime groups is 1. The van der Waals surface area contributed by atoms with Gasteiger partial charge in [0.15, 0.2) is 10.8 Å². The molecule has 1 aromatic heterocycles. The third kappa shape index (κ3) is 5.70. The van der Waals surface area contributed by atoms with Gasteiger partial charge in [-0.25, -0.2) is 14.6 Å². The third-order valence-corrected chi connectivity index (χ3v) is 7.21. The third-order valence-electron chi connectivity index (χ3n) is 5.11. The molecule has 14 heteroatoms. The van der Waals surface area contributed by atoms with Crippen molar-refractivity contribution in [2.75, 3.05) is 25.2 Å². The van der Waals surface area contributed by atoms with Crippen LogP contribution in [-0.4, -0.2) is 76.3 Å². The van der Waals surface area contributed by atoms with Gasteiger partial charge < -0.3 is 25.4 Å². The number of nitrogens with one attached hydrogen (secondary N) is 1. The maximum atomic E-state index is 13.0. The molecular formula is C22H27N5O7S2. The number of nitrogen functional groups attached to an aromatic ring is 1. The van der Waals surface area contributed by atoms with Gasteiger partial charge in [0.05, 0.1) is 11.7 Å². The van der Waals surface area contributed by atoms with Crippen LogP contribution >= 0.6 is 23.1 Å². The van der Waals surface area contributed by atoms with Crippen molar-refractivity contribution in [2.24, 2.45) is 5.16 Å². The fourth-order valence-electron chi connectivity index (χ4n) is 3.43. The number of anilines is 1. The summed E-state index contributed by atoms with van der Waals surface area (Å²) in [5.74, 6) is -2.03. The molecule has 0 spiro atoms. The van der Waals surface area contributed by atoms with Gasteiger partial charge in [0.2, 0.25) is 0 Å². The van der Waals surface area contributed by atoms with Gasteiger partial charge in [0.25, 0.3) is 11.8 Å². The number of hydrogen-bond acceptors (Lipinski definition) is 12. The average Bonchev–Trinajstić information content (AvgIpc) is 3.26. The van der Waals surface area contributed by atoms with Crippen LogP contribution in [-0.2, 0) is 33.5 Å². The predicted octanol–water partition coefficient (Wildman–Crippen LogP) is 1.19. The molecule has 194 valence electrons. The van der Waals surface area contributed by atoms with Gasteiger partial charge in [-0.3, -0.25) is 14.5 Å². The van der Waals surface area contributed by atoms with Crippen molar-refractivity contribution in [3.05, 3.63) is 34.0 Å². The first kappa shape index (κ1) is 27.2. The van der Waals surface area contributed by atoms with Crippen LogP contribution in [0.2, 0.25) is 0 Å². The quantitative estimate of drug-likeness (QED) is 0.154. The van der Waals surface area contributed by atoms with Crippen molar-refractivity contribution < 1.29 is 33.5 Å². The van der Waals surface area contributed by atoms with Gasteiger partial charge in [0, 0.05) is 11.1 Å². The zero-order chi connectivity index (χ0) is 26.6. The van der Waals surface area contributed by atoms with Gasteiger partial charge in [-0.15, -0.1) is 23.1 Å². The maximum absolute atomic E-state index is 13.0. The van der Waals surface area contributed by atoms with E-state index in [1.54, 1.807) is 33.1 Å². The van der Waals surface area contributed by atoms with Crippen molar-refractivity contribution in [2.45, 2.75) is 45.2 Å². The molecule has 2 aliphatic heterocycles. The van der Waals surface area contributed by atoms with Crippen LogP contribution in [0.5, 0.6) is 0 Å². The monoisotopic (exact) mass is 537 g/mol. The molecule has 3 N–H and O–H groups in total. The Hall–Kier alpha value is -3.39. The normalized spacial score (nSPS) is 20.1. The molecule has 2 amide bonds. The average molecular weight is 538 g/mol. The lowest BCUT2D eigenvalue weighted by Gasteiger charge is -2.49. The van der Waals surface area contributed by atoms with Gasteiger partial charge in [-0.05, 0) is 33.3 Å². The number of fused-ring (bicyclic) bond motifs is 1. The Morgan fingerprint density at radius 3 is 2.69 bits per heavy atom. The van der Waals surface area contributed by atoms with E-state index in [1.165, 1.54) is 29.8 Å². The molecule has 3 heterocycles. The van der Waals surface area contributed by atoms with E-state index in [2.05, 4.69) is 15.5 Å². The Bertz CT molecular complexity index is 1160. The molecule has 36 heavy (non-hydrogen) atoms. The first-order valence-electron chi connectivity index (χ1n) is 10.9. The summed E-state index contributed by atoms with van der Waals surface area (Å²) in [6, 6.07) is -0.899. The Labute approximate surface area is 215 Å². The molecular weight excluding hydrogens is 510 g/mol. The van der Waals surface area contributed by atoms with Crippen LogP contribution in [0.15, 0.2) is 33.5 Å². The number of thioether (sulfide) groups is 1. The first-order chi connectivity index (χ1) is 17.1. The van der Waals surface area contributed by atoms with Crippen molar-refractivity contribution in [3.8, 4) is 0 Å². The second-order valence-corrected chi connectivity index (χ2v) is 10.0. The standard InChI is InChI=1S/C22H27N5O7S2/c1-6-12(20(30)34-10(2)3)7-33-21(31)16-11(4)8-35-19-15(18(29)27(16)19)25-17(28)14(26-32-5)13-9-36-22(23)24-13/h6,9-10,15,19H,7-8H2,1-5H3,(H2,23,24)(H,25,28)/b12-6+,26-14-/t15-,19-/m1/s1. The molecule has 0 aromatic carbocycles. The lowest BCUT2D eigenvalue weighted by Crippen LogP contribution is -2.71. The number of aromatic nitrogens is 1. The van der Waals surface area contributed by atoms with Gasteiger partial charge >= 0.3 is 11.9 Å². The first-order valence-corrected chi connectivity index (χ1v) is 12.8. The van der Waals surface area contributed by atoms with Gasteiger partial charge in [0.1, 0.15) is 36.5 Å². The summed E-state index contributed by atoms with van der Waals surface area (Å²) in [5, 5.41) is 7.63. The van der Waals surface area contributed by atoms with E-state index < -0.39 is 35.2 Å². The van der Waals surface area contributed by atoms with Crippen LogP contribution in [0.1, 0.15) is 33.4 Å². The summed E-state index contributed by atoms with van der Waals surface area (Å²) >= 11 is 2.53. The van der Waals surface area contributed by atoms with E-state index >= 15 is 0 Å². The lowest BCUT2D eigenvalue weighted by molar-refractivity contribution is -0.152. The summed E-state index contributed by atoms with van der Waals surface area (Å²) < 4.78 is 10.5. The molecule has 0 radical (unpaired) electrons. The molecule has 2 aliphatic rings. The number of β-lactam (4-membered cyclic amide) rings is 1. The topological polar surface area (TPSA) is 163 Å². The number of allylic oxidation sites excluding steroid dienone is 1. The molecule has 1 saturated heterocycles. The SMILES string of the molecule is C/C=C(\COC(=O)C1=C(C)CS[C@@H]2[C@H](NC(=O)/C(=N\OC)c3csc(N)n3)C(=O)N12)C(=O)OC(C)C. The predicted molar refractivity (Wildman–Crippen MR) is 134 cm³/mol. The van der Waals surface area contributed by atoms with Crippen LogP contribution in [0.3, 0.4) is 0 Å². The molecule has 0 unspecified atom stereocenters. The molecule has 12 nitrogen and oxygen atoms in total.